The predicted octanol–water partition coefficient (Wildman–Crippen LogP) is 2.61. The number of aliphatic carboxylic acids is 1. The fourth-order valence-electron chi connectivity index (χ4n) is 1.96. The van der Waals surface area contributed by atoms with Crippen LogP contribution in [0.1, 0.15) is 48.6 Å². The van der Waals surface area contributed by atoms with Gasteiger partial charge < -0.3 is 14.4 Å². The first-order chi connectivity index (χ1) is 8.86. The molecular formula is C14H21NO4. The number of carbonyl (C=O) groups excluding carboxylic acids is 1. The minimum Gasteiger partial charge on any atom is -0.481 e. The molecule has 0 aliphatic heterocycles. The van der Waals surface area contributed by atoms with Crippen LogP contribution in [-0.2, 0) is 4.79 Å². The van der Waals surface area contributed by atoms with Gasteiger partial charge in [0.25, 0.3) is 5.91 Å². The van der Waals surface area contributed by atoms with E-state index >= 15 is 0 Å². The van der Waals surface area contributed by atoms with Crippen molar-refractivity contribution in [3.8, 4) is 0 Å². The summed E-state index contributed by atoms with van der Waals surface area (Å²) < 4.78 is 5.36. The number of rotatable bonds is 6. The molecule has 0 aliphatic rings. The van der Waals surface area contributed by atoms with E-state index < -0.39 is 5.97 Å². The maximum absolute atomic E-state index is 12.5. The molecule has 5 heteroatoms. The van der Waals surface area contributed by atoms with Crippen LogP contribution in [0.5, 0.6) is 0 Å². The molecule has 19 heavy (non-hydrogen) atoms. The highest BCUT2D eigenvalue weighted by Gasteiger charge is 2.24. The van der Waals surface area contributed by atoms with Crippen LogP contribution in [0.15, 0.2) is 10.5 Å². The molecule has 0 aliphatic carbocycles. The second kappa shape index (κ2) is 6.41. The van der Waals surface area contributed by atoms with E-state index in [-0.39, 0.29) is 24.9 Å². The molecule has 1 rings (SSSR count). The number of furan rings is 1. The summed E-state index contributed by atoms with van der Waals surface area (Å²) in [5.41, 5.74) is 0.517. The first-order valence-electron chi connectivity index (χ1n) is 6.46. The molecule has 0 radical (unpaired) electrons. The molecule has 1 heterocycles. The molecule has 1 N–H and O–H groups in total. The minimum atomic E-state index is -0.902. The van der Waals surface area contributed by atoms with Crippen molar-refractivity contribution in [2.75, 3.05) is 6.54 Å². The van der Waals surface area contributed by atoms with Crippen molar-refractivity contribution < 1.29 is 19.1 Å². The van der Waals surface area contributed by atoms with Gasteiger partial charge in [0.2, 0.25) is 0 Å². The Hall–Kier alpha value is -1.78. The van der Waals surface area contributed by atoms with Gasteiger partial charge in [-0.05, 0) is 33.3 Å². The Morgan fingerprint density at radius 3 is 2.47 bits per heavy atom. The Morgan fingerprint density at radius 1 is 1.42 bits per heavy atom. The van der Waals surface area contributed by atoms with E-state index in [9.17, 15) is 9.59 Å². The number of nitrogens with zero attached hydrogens (tertiary/aromatic N) is 1. The fourth-order valence-corrected chi connectivity index (χ4v) is 1.96. The number of carbonyl (C=O) groups is 2. The van der Waals surface area contributed by atoms with Crippen LogP contribution in [0.25, 0.3) is 0 Å². The number of carboxylic acids is 1. The molecular weight excluding hydrogens is 246 g/mol. The van der Waals surface area contributed by atoms with Crippen LogP contribution in [0.4, 0.5) is 0 Å². The van der Waals surface area contributed by atoms with Gasteiger partial charge in [-0.3, -0.25) is 9.59 Å². The summed E-state index contributed by atoms with van der Waals surface area (Å²) in [4.78, 5) is 24.8. The van der Waals surface area contributed by atoms with Crippen LogP contribution in [0.2, 0.25) is 0 Å². The third kappa shape index (κ3) is 3.84. The van der Waals surface area contributed by atoms with Crippen LogP contribution >= 0.6 is 0 Å². The highest BCUT2D eigenvalue weighted by atomic mass is 16.4. The maximum atomic E-state index is 12.5. The van der Waals surface area contributed by atoms with E-state index in [4.69, 9.17) is 9.52 Å². The lowest BCUT2D eigenvalue weighted by Gasteiger charge is -2.28. The smallest absolute Gasteiger partial charge is 0.305 e. The summed E-state index contributed by atoms with van der Waals surface area (Å²) in [7, 11) is 0. The molecule has 1 atom stereocenters. The molecule has 0 unspecified atom stereocenters. The normalized spacial score (nSPS) is 12.2. The number of hydrogen-bond acceptors (Lipinski definition) is 3. The molecule has 0 fully saturated rings. The molecule has 0 aromatic carbocycles. The summed E-state index contributed by atoms with van der Waals surface area (Å²) in [6.07, 6.45) is 0.729. The van der Waals surface area contributed by atoms with E-state index in [1.54, 1.807) is 24.8 Å². The van der Waals surface area contributed by atoms with Crippen molar-refractivity contribution in [1.82, 2.24) is 4.90 Å². The summed E-state index contributed by atoms with van der Waals surface area (Å²) in [6.45, 7) is 7.63. The van der Waals surface area contributed by atoms with Crippen molar-refractivity contribution in [2.24, 2.45) is 0 Å². The zero-order valence-corrected chi connectivity index (χ0v) is 11.9. The van der Waals surface area contributed by atoms with Crippen molar-refractivity contribution in [1.29, 1.82) is 0 Å². The second-order valence-electron chi connectivity index (χ2n) is 4.73. The van der Waals surface area contributed by atoms with Gasteiger partial charge in [0.1, 0.15) is 11.5 Å². The molecule has 5 nitrogen and oxygen atoms in total. The van der Waals surface area contributed by atoms with Gasteiger partial charge >= 0.3 is 5.97 Å². The van der Waals surface area contributed by atoms with Gasteiger partial charge in [-0.1, -0.05) is 6.92 Å². The van der Waals surface area contributed by atoms with Crippen molar-refractivity contribution in [2.45, 2.75) is 46.6 Å². The van der Waals surface area contributed by atoms with Gasteiger partial charge in [-0.15, -0.1) is 0 Å². The zero-order chi connectivity index (χ0) is 14.6. The summed E-state index contributed by atoms with van der Waals surface area (Å²) in [5, 5.41) is 8.77. The van der Waals surface area contributed by atoms with E-state index in [0.717, 1.165) is 6.42 Å². The zero-order valence-electron chi connectivity index (χ0n) is 11.9. The summed E-state index contributed by atoms with van der Waals surface area (Å²) in [5.74, 6) is 0.195. The van der Waals surface area contributed by atoms with Gasteiger partial charge in [-0.2, -0.15) is 0 Å². The van der Waals surface area contributed by atoms with Crippen LogP contribution in [0, 0.1) is 13.8 Å². The first kappa shape index (κ1) is 15.3. The van der Waals surface area contributed by atoms with Gasteiger partial charge in [-0.25, -0.2) is 0 Å². The quantitative estimate of drug-likeness (QED) is 0.860. The fraction of sp³-hybridized carbons (Fsp3) is 0.571. The highest BCUT2D eigenvalue weighted by molar-refractivity contribution is 5.95. The molecule has 0 bridgehead atoms. The Bertz CT molecular complexity index is 464. The SMILES string of the molecule is CC[C@@H](C)N(CCC(=O)O)C(=O)c1cc(C)oc1C. The molecule has 1 aromatic rings. The van der Waals surface area contributed by atoms with E-state index in [1.807, 2.05) is 13.8 Å². The first-order valence-corrected chi connectivity index (χ1v) is 6.46. The highest BCUT2D eigenvalue weighted by Crippen LogP contribution is 2.18. The predicted molar refractivity (Wildman–Crippen MR) is 71.2 cm³/mol. The molecule has 1 amide bonds. The largest absolute Gasteiger partial charge is 0.481 e. The molecule has 1 aromatic heterocycles. The third-order valence-electron chi connectivity index (χ3n) is 3.22. The van der Waals surface area contributed by atoms with Gasteiger partial charge in [0, 0.05) is 12.6 Å². The number of hydrogen-bond donors (Lipinski definition) is 1. The molecule has 106 valence electrons. The lowest BCUT2D eigenvalue weighted by atomic mass is 10.1. The Balaban J connectivity index is 2.93. The second-order valence-corrected chi connectivity index (χ2v) is 4.73. The minimum absolute atomic E-state index is 0.00135. The van der Waals surface area contributed by atoms with E-state index in [0.29, 0.717) is 17.1 Å². The van der Waals surface area contributed by atoms with Crippen LogP contribution in [-0.4, -0.2) is 34.5 Å². The lowest BCUT2D eigenvalue weighted by molar-refractivity contribution is -0.137. The number of carboxylic acid groups (broad SMARTS) is 1. The van der Waals surface area contributed by atoms with Gasteiger partial charge in [0.15, 0.2) is 0 Å². The average molecular weight is 267 g/mol. The molecule has 0 spiro atoms. The van der Waals surface area contributed by atoms with Gasteiger partial charge in [0.05, 0.1) is 12.0 Å². The van der Waals surface area contributed by atoms with Crippen LogP contribution < -0.4 is 0 Å². The maximum Gasteiger partial charge on any atom is 0.305 e. The van der Waals surface area contributed by atoms with E-state index in [2.05, 4.69) is 0 Å². The van der Waals surface area contributed by atoms with Crippen molar-refractivity contribution >= 4 is 11.9 Å². The Labute approximate surface area is 113 Å². The Morgan fingerprint density at radius 2 is 2.05 bits per heavy atom. The van der Waals surface area contributed by atoms with Crippen molar-refractivity contribution in [3.05, 3.63) is 23.2 Å². The number of amides is 1. The molecule has 0 saturated carbocycles. The topological polar surface area (TPSA) is 70.8 Å². The lowest BCUT2D eigenvalue weighted by Crippen LogP contribution is -2.39. The molecule has 0 saturated heterocycles. The summed E-state index contributed by atoms with van der Waals surface area (Å²) >= 11 is 0. The number of aryl methyl sites for hydroxylation is 2. The third-order valence-corrected chi connectivity index (χ3v) is 3.22. The van der Waals surface area contributed by atoms with E-state index in [1.165, 1.54) is 0 Å². The monoisotopic (exact) mass is 267 g/mol. The van der Waals surface area contributed by atoms with Crippen LogP contribution in [0.3, 0.4) is 0 Å². The van der Waals surface area contributed by atoms with Crippen molar-refractivity contribution in [3.63, 3.8) is 0 Å². The Kier molecular flexibility index (Phi) is 5.15. The summed E-state index contributed by atoms with van der Waals surface area (Å²) in [6, 6.07) is 1.70. The average Bonchev–Trinajstić information content (AvgIpc) is 2.67. The standard InChI is InChI=1S/C14H21NO4/c1-5-9(2)15(7-6-13(16)17)14(18)12-8-10(3)19-11(12)4/h8-9H,5-7H2,1-4H3,(H,16,17)/t9-/m1/s1.